The molecule has 1 aliphatic heterocycles. The van der Waals surface area contributed by atoms with Gasteiger partial charge >= 0.3 is 11.9 Å². The first-order valence-electron chi connectivity index (χ1n) is 13.9. The van der Waals surface area contributed by atoms with Crippen molar-refractivity contribution in [1.29, 1.82) is 0 Å². The smallest absolute Gasteiger partial charge is 0.324 e. The van der Waals surface area contributed by atoms with E-state index in [1.807, 2.05) is 0 Å². The zero-order chi connectivity index (χ0) is 33.6. The van der Waals surface area contributed by atoms with Gasteiger partial charge in [-0.3, -0.25) is 23.0 Å². The number of ether oxygens (including phenoxy) is 2. The molecule has 16 heteroatoms. The standard InChI is InChI=1S/C30H33N3O11S2/c1-21-3-8-24(9-4-21)45(39,40)32(18-29(35)36)23-7-12-26(27(17-23)44-20-28(34)31-13-15-43-16-14-31)33(19-30(37)38)46(41,42)25-10-5-22(2)6-11-25/h3-12,17H,13-16,18-20H2,1-2H3,(H,35,36)(H,37,38). The molecule has 0 saturated carbocycles. The summed E-state index contributed by atoms with van der Waals surface area (Å²) in [6, 6.07) is 14.7. The lowest BCUT2D eigenvalue weighted by atomic mass is 10.2. The third-order valence-electron chi connectivity index (χ3n) is 6.99. The van der Waals surface area contributed by atoms with Crippen LogP contribution in [0, 0.1) is 13.8 Å². The summed E-state index contributed by atoms with van der Waals surface area (Å²) in [6.07, 6.45) is 0. The highest BCUT2D eigenvalue weighted by Gasteiger charge is 2.33. The molecule has 2 N–H and O–H groups in total. The zero-order valence-corrected chi connectivity index (χ0v) is 26.7. The van der Waals surface area contributed by atoms with Crippen molar-refractivity contribution in [3.63, 3.8) is 0 Å². The fourth-order valence-corrected chi connectivity index (χ4v) is 7.39. The average molecular weight is 676 g/mol. The second kappa shape index (κ2) is 14.2. The summed E-state index contributed by atoms with van der Waals surface area (Å²) in [4.78, 5) is 37.8. The number of carbonyl (C=O) groups excluding carboxylic acids is 1. The van der Waals surface area contributed by atoms with Gasteiger partial charge in [-0.15, -0.1) is 0 Å². The fraction of sp³-hybridized carbons (Fsp3) is 0.300. The van der Waals surface area contributed by atoms with Gasteiger partial charge in [0.15, 0.2) is 6.61 Å². The highest BCUT2D eigenvalue weighted by Crippen LogP contribution is 2.37. The Labute approximate surface area is 266 Å². The number of morpholine rings is 1. The molecule has 0 aromatic heterocycles. The van der Waals surface area contributed by atoms with E-state index < -0.39 is 57.6 Å². The Balaban J connectivity index is 1.85. The molecule has 1 saturated heterocycles. The van der Waals surface area contributed by atoms with Crippen LogP contribution in [0.3, 0.4) is 0 Å². The monoisotopic (exact) mass is 675 g/mol. The first-order valence-corrected chi connectivity index (χ1v) is 16.8. The van der Waals surface area contributed by atoms with Crippen molar-refractivity contribution in [2.45, 2.75) is 23.6 Å². The number of carbonyl (C=O) groups is 3. The predicted molar refractivity (Wildman–Crippen MR) is 166 cm³/mol. The van der Waals surface area contributed by atoms with Crippen molar-refractivity contribution in [3.05, 3.63) is 77.9 Å². The number of aryl methyl sites for hydroxylation is 2. The van der Waals surface area contributed by atoms with Crippen molar-refractivity contribution >= 4 is 49.3 Å². The number of hydrogen-bond donors (Lipinski definition) is 2. The normalized spacial score (nSPS) is 13.6. The van der Waals surface area contributed by atoms with Crippen LogP contribution in [0.4, 0.5) is 11.4 Å². The second-order valence-corrected chi connectivity index (χ2v) is 14.1. The van der Waals surface area contributed by atoms with Crippen molar-refractivity contribution in [2.75, 3.05) is 54.6 Å². The molecule has 3 aromatic rings. The van der Waals surface area contributed by atoms with E-state index in [-0.39, 0.29) is 40.0 Å². The fourth-order valence-electron chi connectivity index (χ4n) is 4.56. The van der Waals surface area contributed by atoms with E-state index in [0.29, 0.717) is 21.8 Å². The minimum absolute atomic E-state index is 0.206. The van der Waals surface area contributed by atoms with Gasteiger partial charge in [0, 0.05) is 19.2 Å². The Morgan fingerprint density at radius 2 is 1.24 bits per heavy atom. The van der Waals surface area contributed by atoms with Gasteiger partial charge in [0.05, 0.1) is 34.4 Å². The molecule has 1 fully saturated rings. The van der Waals surface area contributed by atoms with Gasteiger partial charge in [0.2, 0.25) is 0 Å². The molecular formula is C30H33N3O11S2. The maximum Gasteiger partial charge on any atom is 0.324 e. The number of aliphatic carboxylic acids is 2. The Morgan fingerprint density at radius 3 is 1.74 bits per heavy atom. The summed E-state index contributed by atoms with van der Waals surface area (Å²) in [5, 5.41) is 19.3. The van der Waals surface area contributed by atoms with E-state index in [1.54, 1.807) is 26.0 Å². The lowest BCUT2D eigenvalue weighted by molar-refractivity contribution is -0.137. The number of hydrogen-bond acceptors (Lipinski definition) is 9. The number of anilines is 2. The molecule has 0 radical (unpaired) electrons. The molecule has 0 bridgehead atoms. The van der Waals surface area contributed by atoms with Crippen LogP contribution in [0.15, 0.2) is 76.5 Å². The highest BCUT2D eigenvalue weighted by molar-refractivity contribution is 7.93. The molecule has 0 unspecified atom stereocenters. The number of amides is 1. The van der Waals surface area contributed by atoms with Crippen molar-refractivity contribution < 1.29 is 50.9 Å². The third kappa shape index (κ3) is 7.94. The van der Waals surface area contributed by atoms with Crippen LogP contribution in [-0.2, 0) is 39.2 Å². The van der Waals surface area contributed by atoms with Gasteiger partial charge in [-0.05, 0) is 50.2 Å². The van der Waals surface area contributed by atoms with Crippen LogP contribution >= 0.6 is 0 Å². The molecule has 1 aliphatic rings. The van der Waals surface area contributed by atoms with E-state index in [1.165, 1.54) is 41.3 Å². The molecule has 14 nitrogen and oxygen atoms in total. The number of rotatable bonds is 13. The van der Waals surface area contributed by atoms with Gasteiger partial charge in [-0.1, -0.05) is 35.4 Å². The third-order valence-corrected chi connectivity index (χ3v) is 10.6. The lowest BCUT2D eigenvalue weighted by Gasteiger charge is -2.29. The van der Waals surface area contributed by atoms with Gasteiger partial charge in [-0.25, -0.2) is 16.8 Å². The van der Waals surface area contributed by atoms with Crippen LogP contribution in [0.5, 0.6) is 5.75 Å². The van der Waals surface area contributed by atoms with Crippen LogP contribution < -0.4 is 13.3 Å². The Morgan fingerprint density at radius 1 is 0.761 bits per heavy atom. The van der Waals surface area contributed by atoms with Gasteiger partial charge in [0.1, 0.15) is 18.8 Å². The number of carboxylic acids is 2. The number of carboxylic acid groups (broad SMARTS) is 2. The van der Waals surface area contributed by atoms with E-state index in [2.05, 4.69) is 0 Å². The van der Waals surface area contributed by atoms with Crippen molar-refractivity contribution in [1.82, 2.24) is 4.90 Å². The van der Waals surface area contributed by atoms with Gasteiger partial charge in [-0.2, -0.15) is 0 Å². The first-order chi connectivity index (χ1) is 21.7. The van der Waals surface area contributed by atoms with Crippen LogP contribution in [0.2, 0.25) is 0 Å². The molecule has 1 amide bonds. The van der Waals surface area contributed by atoms with Crippen LogP contribution in [-0.4, -0.2) is 95.8 Å². The summed E-state index contributed by atoms with van der Waals surface area (Å²) >= 11 is 0. The highest BCUT2D eigenvalue weighted by atomic mass is 32.2. The summed E-state index contributed by atoms with van der Waals surface area (Å²) in [7, 11) is -9.02. The Hall–Kier alpha value is -4.67. The molecule has 4 rings (SSSR count). The van der Waals surface area contributed by atoms with E-state index >= 15 is 0 Å². The molecule has 3 aromatic carbocycles. The second-order valence-electron chi connectivity index (χ2n) is 10.4. The quantitative estimate of drug-likeness (QED) is 0.270. The molecule has 1 heterocycles. The largest absolute Gasteiger partial charge is 0.481 e. The van der Waals surface area contributed by atoms with Crippen molar-refractivity contribution in [3.8, 4) is 5.75 Å². The molecule has 246 valence electrons. The van der Waals surface area contributed by atoms with Gasteiger partial charge < -0.3 is 24.6 Å². The number of sulfonamides is 2. The maximum atomic E-state index is 13.8. The lowest BCUT2D eigenvalue weighted by Crippen LogP contribution is -2.43. The predicted octanol–water partition coefficient (Wildman–Crippen LogP) is 2.10. The van der Waals surface area contributed by atoms with Crippen LogP contribution in [0.1, 0.15) is 11.1 Å². The topological polar surface area (TPSA) is 188 Å². The Bertz CT molecular complexity index is 1810. The molecular weight excluding hydrogens is 642 g/mol. The maximum absolute atomic E-state index is 13.8. The van der Waals surface area contributed by atoms with E-state index in [9.17, 15) is 41.4 Å². The Kier molecular flexibility index (Phi) is 10.5. The molecule has 46 heavy (non-hydrogen) atoms. The summed E-state index contributed by atoms with van der Waals surface area (Å²) < 4.78 is 67.1. The van der Waals surface area contributed by atoms with E-state index in [0.717, 1.165) is 29.3 Å². The summed E-state index contributed by atoms with van der Waals surface area (Å²) in [5.74, 6) is -3.85. The summed E-state index contributed by atoms with van der Waals surface area (Å²) in [6.45, 7) is 1.97. The molecule has 0 spiro atoms. The summed E-state index contributed by atoms with van der Waals surface area (Å²) in [5.41, 5.74) is 0.974. The minimum atomic E-state index is -4.54. The van der Waals surface area contributed by atoms with Crippen molar-refractivity contribution in [2.24, 2.45) is 0 Å². The minimum Gasteiger partial charge on any atom is -0.481 e. The van der Waals surface area contributed by atoms with E-state index in [4.69, 9.17) is 9.47 Å². The molecule has 0 atom stereocenters. The SMILES string of the molecule is Cc1ccc(S(=O)(=O)N(CC(=O)O)c2ccc(N(CC(=O)O)S(=O)(=O)c3ccc(C)cc3)c(OCC(=O)N3CCOCC3)c2)cc1. The zero-order valence-electron chi connectivity index (χ0n) is 25.0. The average Bonchev–Trinajstić information content (AvgIpc) is 3.02. The molecule has 0 aliphatic carbocycles. The first kappa shape index (κ1) is 34.2. The number of nitrogens with zero attached hydrogens (tertiary/aromatic N) is 3. The number of benzene rings is 3. The van der Waals surface area contributed by atoms with Gasteiger partial charge in [0.25, 0.3) is 26.0 Å². The van der Waals surface area contributed by atoms with Crippen LogP contribution in [0.25, 0.3) is 0 Å².